The van der Waals surface area contributed by atoms with E-state index in [0.29, 0.717) is 11.5 Å². The van der Waals surface area contributed by atoms with Crippen molar-refractivity contribution in [3.05, 3.63) is 36.0 Å². The molecule has 102 valence electrons. The lowest BCUT2D eigenvalue weighted by Crippen LogP contribution is -2.24. The Kier molecular flexibility index (Phi) is 3.80. The lowest BCUT2D eigenvalue weighted by atomic mass is 10.0. The van der Waals surface area contributed by atoms with Crippen LogP contribution in [-0.4, -0.2) is 24.7 Å². The molecule has 0 bridgehead atoms. The van der Waals surface area contributed by atoms with Crippen molar-refractivity contribution in [2.75, 3.05) is 25.1 Å². The van der Waals surface area contributed by atoms with Gasteiger partial charge in [0.1, 0.15) is 6.07 Å². The molecule has 4 nitrogen and oxygen atoms in total. The second-order valence-electron chi connectivity index (χ2n) is 5.14. The van der Waals surface area contributed by atoms with Gasteiger partial charge in [-0.3, -0.25) is 4.98 Å². The van der Waals surface area contributed by atoms with E-state index in [2.05, 4.69) is 16.4 Å². The van der Waals surface area contributed by atoms with Crippen LogP contribution in [-0.2, 0) is 4.74 Å². The zero-order valence-electron chi connectivity index (χ0n) is 11.3. The Hall–Kier alpha value is -2.12. The Labute approximate surface area is 118 Å². The Morgan fingerprint density at radius 1 is 1.40 bits per heavy atom. The number of anilines is 1. The number of pyridine rings is 1. The van der Waals surface area contributed by atoms with Gasteiger partial charge in [0.05, 0.1) is 23.4 Å². The quantitative estimate of drug-likeness (QED) is 0.929. The van der Waals surface area contributed by atoms with E-state index < -0.39 is 0 Å². The van der Waals surface area contributed by atoms with Crippen molar-refractivity contribution in [2.24, 2.45) is 5.92 Å². The van der Waals surface area contributed by atoms with Crippen molar-refractivity contribution in [1.29, 1.82) is 5.26 Å². The van der Waals surface area contributed by atoms with Crippen molar-refractivity contribution < 1.29 is 4.74 Å². The molecule has 0 spiro atoms. The third kappa shape index (κ3) is 2.59. The Bertz CT molecular complexity index is 642. The van der Waals surface area contributed by atoms with Gasteiger partial charge in [0, 0.05) is 24.7 Å². The zero-order chi connectivity index (χ0) is 13.8. The number of nitrogens with one attached hydrogen (secondary N) is 1. The summed E-state index contributed by atoms with van der Waals surface area (Å²) < 4.78 is 5.50. The van der Waals surface area contributed by atoms with Crippen LogP contribution in [0.15, 0.2) is 30.5 Å². The third-order valence-electron chi connectivity index (χ3n) is 3.72. The molecule has 1 saturated heterocycles. The molecule has 0 amide bonds. The minimum atomic E-state index is 0.516. The standard InChI is InChI=1S/C16H17N3O/c17-8-13-10-18-15-6-2-1-5-14(15)16(13)19-9-12-4-3-7-20-11-12/h1-2,5-6,10,12H,3-4,7,9,11H2,(H,18,19). The van der Waals surface area contributed by atoms with E-state index in [9.17, 15) is 5.26 Å². The fourth-order valence-corrected chi connectivity index (χ4v) is 2.63. The molecule has 20 heavy (non-hydrogen) atoms. The summed E-state index contributed by atoms with van der Waals surface area (Å²) >= 11 is 0. The molecular formula is C16H17N3O. The first-order valence-corrected chi connectivity index (χ1v) is 6.98. The van der Waals surface area contributed by atoms with Gasteiger partial charge in [0.2, 0.25) is 0 Å². The van der Waals surface area contributed by atoms with Crippen LogP contribution in [0.5, 0.6) is 0 Å². The molecule has 1 N–H and O–H groups in total. The number of fused-ring (bicyclic) bond motifs is 1. The molecule has 1 aromatic heterocycles. The summed E-state index contributed by atoms with van der Waals surface area (Å²) in [6.45, 7) is 2.51. The fourth-order valence-electron chi connectivity index (χ4n) is 2.63. The van der Waals surface area contributed by atoms with Crippen molar-refractivity contribution in [3.63, 3.8) is 0 Å². The molecule has 1 atom stereocenters. The van der Waals surface area contributed by atoms with E-state index in [0.717, 1.165) is 42.8 Å². The van der Waals surface area contributed by atoms with Crippen LogP contribution < -0.4 is 5.32 Å². The number of benzene rings is 1. The fraction of sp³-hybridized carbons (Fsp3) is 0.375. The Balaban J connectivity index is 1.87. The average molecular weight is 267 g/mol. The maximum Gasteiger partial charge on any atom is 0.103 e. The highest BCUT2D eigenvalue weighted by Crippen LogP contribution is 2.26. The Morgan fingerprint density at radius 3 is 3.10 bits per heavy atom. The average Bonchev–Trinajstić information content (AvgIpc) is 2.53. The van der Waals surface area contributed by atoms with E-state index in [1.54, 1.807) is 6.20 Å². The van der Waals surface area contributed by atoms with E-state index in [-0.39, 0.29) is 0 Å². The molecule has 2 heterocycles. The summed E-state index contributed by atoms with van der Waals surface area (Å²) in [5, 5.41) is 13.7. The SMILES string of the molecule is N#Cc1cnc2ccccc2c1NCC1CCCOC1. The molecule has 0 saturated carbocycles. The second kappa shape index (κ2) is 5.89. The summed E-state index contributed by atoms with van der Waals surface area (Å²) in [4.78, 5) is 4.32. The molecule has 4 heteroatoms. The highest BCUT2D eigenvalue weighted by atomic mass is 16.5. The van der Waals surface area contributed by atoms with Gasteiger partial charge in [-0.15, -0.1) is 0 Å². The molecule has 1 fully saturated rings. The van der Waals surface area contributed by atoms with Crippen LogP contribution in [0, 0.1) is 17.2 Å². The van der Waals surface area contributed by atoms with Gasteiger partial charge in [-0.25, -0.2) is 0 Å². The number of hydrogen-bond donors (Lipinski definition) is 1. The van der Waals surface area contributed by atoms with Crippen molar-refractivity contribution in [1.82, 2.24) is 4.98 Å². The zero-order valence-corrected chi connectivity index (χ0v) is 11.3. The summed E-state index contributed by atoms with van der Waals surface area (Å²) in [7, 11) is 0. The first-order chi connectivity index (χ1) is 9.88. The Morgan fingerprint density at radius 2 is 2.30 bits per heavy atom. The summed E-state index contributed by atoms with van der Waals surface area (Å²) in [6, 6.07) is 10.1. The molecule has 1 aliphatic rings. The highest BCUT2D eigenvalue weighted by molar-refractivity contribution is 5.93. The first-order valence-electron chi connectivity index (χ1n) is 6.98. The van der Waals surface area contributed by atoms with Crippen LogP contribution in [0.3, 0.4) is 0 Å². The van der Waals surface area contributed by atoms with Gasteiger partial charge in [0.25, 0.3) is 0 Å². The maximum atomic E-state index is 9.26. The summed E-state index contributed by atoms with van der Waals surface area (Å²) in [5.74, 6) is 0.516. The van der Waals surface area contributed by atoms with Gasteiger partial charge in [-0.05, 0) is 24.8 Å². The van der Waals surface area contributed by atoms with Crippen LogP contribution in [0.4, 0.5) is 5.69 Å². The number of nitriles is 1. The second-order valence-corrected chi connectivity index (χ2v) is 5.14. The van der Waals surface area contributed by atoms with E-state index in [1.807, 2.05) is 24.3 Å². The monoisotopic (exact) mass is 267 g/mol. The maximum absolute atomic E-state index is 9.26. The molecule has 0 aliphatic carbocycles. The number of hydrogen-bond acceptors (Lipinski definition) is 4. The minimum absolute atomic E-state index is 0.516. The van der Waals surface area contributed by atoms with Crippen LogP contribution in [0.1, 0.15) is 18.4 Å². The number of aromatic nitrogens is 1. The summed E-state index contributed by atoms with van der Waals surface area (Å²) in [6.07, 6.45) is 3.94. The predicted octanol–water partition coefficient (Wildman–Crippen LogP) is 2.94. The largest absolute Gasteiger partial charge is 0.383 e. The van der Waals surface area contributed by atoms with Crippen LogP contribution >= 0.6 is 0 Å². The van der Waals surface area contributed by atoms with Crippen molar-refractivity contribution in [3.8, 4) is 6.07 Å². The molecule has 1 aromatic carbocycles. The first kappa shape index (κ1) is 12.9. The van der Waals surface area contributed by atoms with E-state index in [4.69, 9.17) is 4.74 Å². The minimum Gasteiger partial charge on any atom is -0.383 e. The van der Waals surface area contributed by atoms with Gasteiger partial charge >= 0.3 is 0 Å². The number of rotatable bonds is 3. The van der Waals surface area contributed by atoms with Gasteiger partial charge in [-0.2, -0.15) is 5.26 Å². The van der Waals surface area contributed by atoms with Crippen molar-refractivity contribution in [2.45, 2.75) is 12.8 Å². The topological polar surface area (TPSA) is 57.9 Å². The smallest absolute Gasteiger partial charge is 0.103 e. The third-order valence-corrected chi connectivity index (χ3v) is 3.72. The lowest BCUT2D eigenvalue weighted by Gasteiger charge is -2.23. The number of para-hydroxylation sites is 1. The van der Waals surface area contributed by atoms with Gasteiger partial charge < -0.3 is 10.1 Å². The predicted molar refractivity (Wildman–Crippen MR) is 78.5 cm³/mol. The molecule has 0 radical (unpaired) electrons. The van der Waals surface area contributed by atoms with Crippen LogP contribution in [0.2, 0.25) is 0 Å². The molecule has 1 unspecified atom stereocenters. The molecule has 1 aliphatic heterocycles. The number of ether oxygens (including phenoxy) is 1. The van der Waals surface area contributed by atoms with Gasteiger partial charge in [-0.1, -0.05) is 18.2 Å². The number of nitrogens with zero attached hydrogens (tertiary/aromatic N) is 2. The molecule has 3 rings (SSSR count). The van der Waals surface area contributed by atoms with Crippen LogP contribution in [0.25, 0.3) is 10.9 Å². The summed E-state index contributed by atoms with van der Waals surface area (Å²) in [5.41, 5.74) is 2.40. The molecule has 2 aromatic rings. The molecular weight excluding hydrogens is 250 g/mol. The van der Waals surface area contributed by atoms with Crippen molar-refractivity contribution >= 4 is 16.6 Å². The lowest BCUT2D eigenvalue weighted by molar-refractivity contribution is 0.0595. The highest BCUT2D eigenvalue weighted by Gasteiger charge is 2.15. The van der Waals surface area contributed by atoms with E-state index in [1.165, 1.54) is 6.42 Å². The van der Waals surface area contributed by atoms with Gasteiger partial charge in [0.15, 0.2) is 0 Å². The normalized spacial score (nSPS) is 18.6. The van der Waals surface area contributed by atoms with E-state index >= 15 is 0 Å².